The number of amides is 1. The minimum Gasteiger partial charge on any atom is -0.464 e. The normalized spacial score (nSPS) is 14.9. The Morgan fingerprint density at radius 1 is 1.12 bits per heavy atom. The minimum absolute atomic E-state index is 0.0598. The molecule has 1 fully saturated rings. The number of hydrogen-bond donors (Lipinski definition) is 2. The fourth-order valence-corrected chi connectivity index (χ4v) is 4.15. The number of nitrogens with one attached hydrogen (secondary N) is 2. The molecule has 0 saturated carbocycles. The molecule has 1 aliphatic heterocycles. The predicted octanol–water partition coefficient (Wildman–Crippen LogP) is 4.39. The zero-order valence-corrected chi connectivity index (χ0v) is 19.0. The summed E-state index contributed by atoms with van der Waals surface area (Å²) in [5, 5.41) is 3.81. The van der Waals surface area contributed by atoms with Gasteiger partial charge in [-0.3, -0.25) is 9.69 Å². The highest BCUT2D eigenvalue weighted by molar-refractivity contribution is 6.31. The number of fused-ring (bicyclic) bond motifs is 1. The van der Waals surface area contributed by atoms with Crippen molar-refractivity contribution < 1.29 is 27.5 Å². The third-order valence-corrected chi connectivity index (χ3v) is 5.93. The van der Waals surface area contributed by atoms with Gasteiger partial charge in [0.1, 0.15) is 5.69 Å². The molecule has 3 aromatic rings. The second kappa shape index (κ2) is 9.55. The van der Waals surface area contributed by atoms with Crippen molar-refractivity contribution in [3.8, 4) is 0 Å². The van der Waals surface area contributed by atoms with Crippen LogP contribution in [0.1, 0.15) is 16.1 Å². The van der Waals surface area contributed by atoms with E-state index in [0.717, 1.165) is 12.1 Å². The van der Waals surface area contributed by atoms with Crippen LogP contribution in [0.5, 0.6) is 0 Å². The fourth-order valence-electron chi connectivity index (χ4n) is 3.97. The molecule has 11 heteroatoms. The van der Waals surface area contributed by atoms with Crippen molar-refractivity contribution >= 4 is 45.8 Å². The third kappa shape index (κ3) is 5.13. The highest BCUT2D eigenvalue weighted by atomic mass is 35.5. The molecule has 0 bridgehead atoms. The number of halogens is 4. The van der Waals surface area contributed by atoms with E-state index in [2.05, 4.69) is 10.3 Å². The van der Waals surface area contributed by atoms with Crippen LogP contribution in [0.25, 0.3) is 10.9 Å². The van der Waals surface area contributed by atoms with E-state index in [-0.39, 0.29) is 23.8 Å². The summed E-state index contributed by atoms with van der Waals surface area (Å²) in [7, 11) is 1.25. The summed E-state index contributed by atoms with van der Waals surface area (Å²) >= 11 is 6.09. The number of anilines is 2. The molecule has 1 aromatic heterocycles. The van der Waals surface area contributed by atoms with Crippen LogP contribution in [0.3, 0.4) is 0 Å². The first-order valence-electron chi connectivity index (χ1n) is 10.5. The van der Waals surface area contributed by atoms with Crippen LogP contribution in [0, 0.1) is 0 Å². The highest BCUT2D eigenvalue weighted by Crippen LogP contribution is 2.32. The quantitative estimate of drug-likeness (QED) is 0.514. The summed E-state index contributed by atoms with van der Waals surface area (Å²) in [6.07, 6.45) is -4.40. The number of H-pyrrole nitrogens is 1. The van der Waals surface area contributed by atoms with E-state index in [9.17, 15) is 22.8 Å². The number of carbonyl (C=O) groups excluding carboxylic acids is 2. The summed E-state index contributed by atoms with van der Waals surface area (Å²) in [6, 6.07) is 10.2. The van der Waals surface area contributed by atoms with Gasteiger partial charge >= 0.3 is 12.1 Å². The number of carbonyl (C=O) groups is 2. The Labute approximate surface area is 198 Å². The van der Waals surface area contributed by atoms with Gasteiger partial charge in [-0.05, 0) is 36.4 Å². The average molecular weight is 495 g/mol. The van der Waals surface area contributed by atoms with Crippen molar-refractivity contribution in [2.75, 3.05) is 50.1 Å². The van der Waals surface area contributed by atoms with E-state index >= 15 is 0 Å². The first-order valence-corrected chi connectivity index (χ1v) is 10.9. The Hall–Kier alpha value is -3.24. The lowest BCUT2D eigenvalue weighted by molar-refractivity contribution is -0.137. The highest BCUT2D eigenvalue weighted by Gasteiger charge is 2.31. The number of hydrogen-bond acceptors (Lipinski definition) is 5. The van der Waals surface area contributed by atoms with Gasteiger partial charge in [0.25, 0.3) is 0 Å². The zero-order valence-electron chi connectivity index (χ0n) is 18.2. The van der Waals surface area contributed by atoms with Crippen LogP contribution in [0.4, 0.5) is 24.5 Å². The van der Waals surface area contributed by atoms with Gasteiger partial charge in [0.15, 0.2) is 0 Å². The third-order valence-electron chi connectivity index (χ3n) is 5.69. The molecule has 1 amide bonds. The maximum Gasteiger partial charge on any atom is 0.416 e. The number of benzene rings is 2. The smallest absolute Gasteiger partial charge is 0.416 e. The van der Waals surface area contributed by atoms with Crippen molar-refractivity contribution in [1.29, 1.82) is 0 Å². The lowest BCUT2D eigenvalue weighted by Crippen LogP contribution is -2.48. The summed E-state index contributed by atoms with van der Waals surface area (Å²) < 4.78 is 43.8. The Balaban J connectivity index is 1.41. The number of methoxy groups -OCH3 is 1. The van der Waals surface area contributed by atoms with E-state index in [1.54, 1.807) is 24.3 Å². The van der Waals surface area contributed by atoms with Gasteiger partial charge < -0.3 is 19.9 Å². The van der Waals surface area contributed by atoms with Gasteiger partial charge in [0, 0.05) is 47.8 Å². The van der Waals surface area contributed by atoms with Gasteiger partial charge in [0.05, 0.1) is 24.9 Å². The molecule has 34 heavy (non-hydrogen) atoms. The molecule has 0 spiro atoms. The van der Waals surface area contributed by atoms with Crippen LogP contribution in [-0.4, -0.2) is 61.6 Å². The van der Waals surface area contributed by atoms with Crippen LogP contribution in [0.2, 0.25) is 5.02 Å². The van der Waals surface area contributed by atoms with E-state index in [0.29, 0.717) is 47.8 Å². The molecule has 0 radical (unpaired) electrons. The first-order chi connectivity index (χ1) is 16.2. The molecule has 2 aromatic carbocycles. The number of rotatable bonds is 5. The Morgan fingerprint density at radius 3 is 2.53 bits per heavy atom. The van der Waals surface area contributed by atoms with E-state index < -0.39 is 17.7 Å². The minimum atomic E-state index is -4.40. The van der Waals surface area contributed by atoms with Crippen molar-refractivity contribution in [3.05, 3.63) is 58.7 Å². The second-order valence-corrected chi connectivity index (χ2v) is 8.35. The van der Waals surface area contributed by atoms with Crippen LogP contribution in [0.15, 0.2) is 42.5 Å². The number of aromatic amines is 1. The number of ether oxygens (including phenoxy) is 1. The lowest BCUT2D eigenvalue weighted by atomic mass is 10.1. The molecule has 2 N–H and O–H groups in total. The van der Waals surface area contributed by atoms with Gasteiger partial charge in [0.2, 0.25) is 5.91 Å². The van der Waals surface area contributed by atoms with E-state index in [1.807, 2.05) is 9.80 Å². The van der Waals surface area contributed by atoms with Crippen molar-refractivity contribution in [2.24, 2.45) is 0 Å². The van der Waals surface area contributed by atoms with Crippen LogP contribution in [-0.2, 0) is 15.7 Å². The Morgan fingerprint density at radius 2 is 1.85 bits per heavy atom. The summed E-state index contributed by atoms with van der Waals surface area (Å²) in [5.41, 5.74) is 0.832. The molecular weight excluding hydrogens is 473 g/mol. The van der Waals surface area contributed by atoms with Gasteiger partial charge in [-0.2, -0.15) is 13.2 Å². The monoisotopic (exact) mass is 494 g/mol. The van der Waals surface area contributed by atoms with Crippen molar-refractivity contribution in [3.63, 3.8) is 0 Å². The van der Waals surface area contributed by atoms with Gasteiger partial charge in [-0.15, -0.1) is 0 Å². The Bertz CT molecular complexity index is 1220. The van der Waals surface area contributed by atoms with E-state index in [1.165, 1.54) is 13.2 Å². The zero-order chi connectivity index (χ0) is 24.5. The molecular formula is C23H22ClF3N4O3. The molecule has 0 aliphatic carbocycles. The SMILES string of the molecule is COC(=O)c1[nH]c2ccc(Cl)cc2c1NC(=O)CN1CCN(c2cccc(C(F)(F)F)c2)CC1. The molecule has 7 nitrogen and oxygen atoms in total. The number of nitrogens with zero attached hydrogens (tertiary/aromatic N) is 2. The Kier molecular flexibility index (Phi) is 6.72. The number of aromatic nitrogens is 1. The summed E-state index contributed by atoms with van der Waals surface area (Å²) in [5.74, 6) is -0.962. The van der Waals surface area contributed by atoms with Crippen molar-refractivity contribution in [1.82, 2.24) is 9.88 Å². The lowest BCUT2D eigenvalue weighted by Gasteiger charge is -2.36. The average Bonchev–Trinajstić information content (AvgIpc) is 3.16. The predicted molar refractivity (Wildman–Crippen MR) is 123 cm³/mol. The molecule has 1 saturated heterocycles. The van der Waals surface area contributed by atoms with E-state index in [4.69, 9.17) is 16.3 Å². The number of esters is 1. The number of piperazine rings is 1. The summed E-state index contributed by atoms with van der Waals surface area (Å²) in [4.78, 5) is 31.7. The summed E-state index contributed by atoms with van der Waals surface area (Å²) in [6.45, 7) is 2.00. The van der Waals surface area contributed by atoms with Gasteiger partial charge in [-0.1, -0.05) is 17.7 Å². The molecule has 0 unspecified atom stereocenters. The standard InChI is InChI=1S/C23H22ClF3N4O3/c1-34-22(33)21-20(17-12-15(24)5-6-18(17)28-21)29-19(32)13-30-7-9-31(10-8-30)16-4-2-3-14(11-16)23(25,26)27/h2-6,11-12,28H,7-10,13H2,1H3,(H,29,32). The molecule has 1 aliphatic rings. The van der Waals surface area contributed by atoms with Crippen LogP contribution >= 0.6 is 11.6 Å². The molecule has 180 valence electrons. The topological polar surface area (TPSA) is 77.7 Å². The first kappa shape index (κ1) is 23.9. The maximum atomic E-state index is 13.0. The fraction of sp³-hybridized carbons (Fsp3) is 0.304. The second-order valence-electron chi connectivity index (χ2n) is 7.92. The maximum absolute atomic E-state index is 13.0. The number of alkyl halides is 3. The van der Waals surface area contributed by atoms with Crippen molar-refractivity contribution in [2.45, 2.75) is 6.18 Å². The molecule has 2 heterocycles. The largest absolute Gasteiger partial charge is 0.464 e. The molecule has 0 atom stereocenters. The molecule has 4 rings (SSSR count). The van der Waals surface area contributed by atoms with Crippen LogP contribution < -0.4 is 10.2 Å². The van der Waals surface area contributed by atoms with Gasteiger partial charge in [-0.25, -0.2) is 4.79 Å².